The number of carbonyl (C=O) groups is 2. The van der Waals surface area contributed by atoms with Gasteiger partial charge in [-0.05, 0) is 20.8 Å². The van der Waals surface area contributed by atoms with Crippen LogP contribution in [0.4, 0.5) is 4.79 Å². The van der Waals surface area contributed by atoms with Crippen LogP contribution in [-0.4, -0.2) is 27.7 Å². The van der Waals surface area contributed by atoms with Crippen LogP contribution in [0.15, 0.2) is 24.0 Å². The topological polar surface area (TPSA) is 66.8 Å². The molecule has 0 aromatic rings. The minimum absolute atomic E-state index is 0.149. The summed E-state index contributed by atoms with van der Waals surface area (Å²) in [4.78, 5) is 24.1. The Hall–Kier alpha value is -1.78. The lowest BCUT2D eigenvalue weighted by Crippen LogP contribution is -2.34. The van der Waals surface area contributed by atoms with E-state index in [0.717, 1.165) is 4.90 Å². The molecule has 0 saturated carbocycles. The fraction of sp³-hybridized carbons (Fsp3) is 0.538. The highest BCUT2D eigenvalue weighted by molar-refractivity contribution is 5.90. The molecule has 0 aliphatic carbocycles. The van der Waals surface area contributed by atoms with E-state index in [1.807, 2.05) is 0 Å². The van der Waals surface area contributed by atoms with Gasteiger partial charge in [0.2, 0.25) is 0 Å². The van der Waals surface area contributed by atoms with Gasteiger partial charge in [0.1, 0.15) is 5.60 Å². The number of nitrogens with zero attached hydrogens (tertiary/aromatic N) is 1. The Bertz CT molecular complexity index is 427. The lowest BCUT2D eigenvalue weighted by Gasteiger charge is -2.30. The number of carboxylic acids is 1. The molecule has 0 atom stereocenters. The Morgan fingerprint density at radius 3 is 2.33 bits per heavy atom. The largest absolute Gasteiger partial charge is 0.478 e. The third-order valence-electron chi connectivity index (χ3n) is 2.45. The summed E-state index contributed by atoms with van der Waals surface area (Å²) >= 11 is 0. The SMILES string of the molecule is CC(C)(C)OC(=O)N1C=CC(C)(C)C(C(=O)O)=C1. The number of carbonyl (C=O) groups excluding carboxylic acids is 1. The van der Waals surface area contributed by atoms with Crippen molar-refractivity contribution in [1.29, 1.82) is 0 Å². The van der Waals surface area contributed by atoms with Gasteiger partial charge in [-0.2, -0.15) is 0 Å². The van der Waals surface area contributed by atoms with Crippen LogP contribution in [0.3, 0.4) is 0 Å². The molecule has 100 valence electrons. The summed E-state index contributed by atoms with van der Waals surface area (Å²) in [5, 5.41) is 9.13. The summed E-state index contributed by atoms with van der Waals surface area (Å²) in [7, 11) is 0. The number of hydrogen-bond donors (Lipinski definition) is 1. The average Bonchev–Trinajstić information content (AvgIpc) is 2.13. The van der Waals surface area contributed by atoms with Crippen LogP contribution in [0.2, 0.25) is 0 Å². The van der Waals surface area contributed by atoms with E-state index >= 15 is 0 Å². The first kappa shape index (κ1) is 14.3. The number of rotatable bonds is 1. The van der Waals surface area contributed by atoms with Crippen LogP contribution in [0.1, 0.15) is 34.6 Å². The standard InChI is InChI=1S/C13H19NO4/c1-12(2,3)18-11(17)14-7-6-13(4,5)9(8-14)10(15)16/h6-8H,1-5H3,(H,15,16). The van der Waals surface area contributed by atoms with E-state index in [0.29, 0.717) is 0 Å². The molecular weight excluding hydrogens is 234 g/mol. The predicted molar refractivity (Wildman–Crippen MR) is 66.7 cm³/mol. The van der Waals surface area contributed by atoms with Gasteiger partial charge in [-0.3, -0.25) is 4.90 Å². The minimum Gasteiger partial charge on any atom is -0.478 e. The molecule has 0 spiro atoms. The van der Waals surface area contributed by atoms with Gasteiger partial charge in [0.05, 0.1) is 5.57 Å². The fourth-order valence-corrected chi connectivity index (χ4v) is 1.46. The van der Waals surface area contributed by atoms with Crippen molar-refractivity contribution in [2.75, 3.05) is 0 Å². The second-order valence-electron chi connectivity index (χ2n) is 5.77. The summed E-state index contributed by atoms with van der Waals surface area (Å²) in [5.41, 5.74) is -1.07. The van der Waals surface area contributed by atoms with E-state index in [4.69, 9.17) is 9.84 Å². The number of aliphatic carboxylic acids is 1. The highest BCUT2D eigenvalue weighted by Gasteiger charge is 2.32. The van der Waals surface area contributed by atoms with Crippen molar-refractivity contribution in [2.45, 2.75) is 40.2 Å². The molecule has 1 rings (SSSR count). The number of ether oxygens (including phenoxy) is 1. The molecule has 0 radical (unpaired) electrons. The van der Waals surface area contributed by atoms with Crippen LogP contribution >= 0.6 is 0 Å². The van der Waals surface area contributed by atoms with Crippen LogP contribution < -0.4 is 0 Å². The van der Waals surface area contributed by atoms with Crippen LogP contribution in [0.25, 0.3) is 0 Å². The van der Waals surface area contributed by atoms with Crippen molar-refractivity contribution >= 4 is 12.1 Å². The van der Waals surface area contributed by atoms with Crippen molar-refractivity contribution in [3.63, 3.8) is 0 Å². The molecule has 1 aliphatic heterocycles. The third kappa shape index (κ3) is 3.35. The molecule has 0 fully saturated rings. The zero-order chi connectivity index (χ0) is 14.1. The zero-order valence-corrected chi connectivity index (χ0v) is 11.4. The van der Waals surface area contributed by atoms with E-state index in [1.54, 1.807) is 40.7 Å². The Labute approximate surface area is 107 Å². The first-order valence-corrected chi connectivity index (χ1v) is 5.69. The molecule has 0 saturated heterocycles. The number of amides is 1. The molecule has 1 amide bonds. The predicted octanol–water partition coefficient (Wildman–Crippen LogP) is 2.75. The number of allylic oxidation sites excluding steroid dienone is 1. The molecule has 0 aromatic heterocycles. The first-order chi connectivity index (χ1) is 8.03. The molecule has 1 aliphatic rings. The molecule has 5 nitrogen and oxygen atoms in total. The van der Waals surface area contributed by atoms with Gasteiger partial charge in [0.15, 0.2) is 0 Å². The fourth-order valence-electron chi connectivity index (χ4n) is 1.46. The Morgan fingerprint density at radius 2 is 1.89 bits per heavy atom. The van der Waals surface area contributed by atoms with E-state index in [2.05, 4.69) is 0 Å². The van der Waals surface area contributed by atoms with Crippen LogP contribution in [0.5, 0.6) is 0 Å². The summed E-state index contributed by atoms with van der Waals surface area (Å²) < 4.78 is 5.17. The van der Waals surface area contributed by atoms with Crippen LogP contribution in [-0.2, 0) is 9.53 Å². The van der Waals surface area contributed by atoms with Crippen LogP contribution in [0, 0.1) is 5.41 Å². The van der Waals surface area contributed by atoms with E-state index in [-0.39, 0.29) is 5.57 Å². The summed E-state index contributed by atoms with van der Waals surface area (Å²) in [6.07, 6.45) is 3.91. The highest BCUT2D eigenvalue weighted by atomic mass is 16.6. The van der Waals surface area contributed by atoms with Crippen molar-refractivity contribution in [3.8, 4) is 0 Å². The minimum atomic E-state index is -1.04. The molecule has 18 heavy (non-hydrogen) atoms. The lowest BCUT2D eigenvalue weighted by molar-refractivity contribution is -0.133. The average molecular weight is 253 g/mol. The van der Waals surface area contributed by atoms with Gasteiger partial charge in [0, 0.05) is 17.8 Å². The van der Waals surface area contributed by atoms with E-state index < -0.39 is 23.1 Å². The van der Waals surface area contributed by atoms with Gasteiger partial charge >= 0.3 is 12.1 Å². The van der Waals surface area contributed by atoms with E-state index in [1.165, 1.54) is 12.4 Å². The molecule has 5 heteroatoms. The smallest absolute Gasteiger partial charge is 0.418 e. The molecular formula is C13H19NO4. The molecule has 1 N–H and O–H groups in total. The van der Waals surface area contributed by atoms with Gasteiger partial charge in [-0.1, -0.05) is 19.9 Å². The Balaban J connectivity index is 2.95. The normalized spacial score (nSPS) is 18.3. The van der Waals surface area contributed by atoms with Gasteiger partial charge < -0.3 is 9.84 Å². The molecule has 0 unspecified atom stereocenters. The summed E-state index contributed by atoms with van der Waals surface area (Å²) in [5.74, 6) is -1.04. The Morgan fingerprint density at radius 1 is 1.33 bits per heavy atom. The summed E-state index contributed by atoms with van der Waals surface area (Å²) in [6, 6.07) is 0. The quantitative estimate of drug-likeness (QED) is 0.780. The molecule has 0 bridgehead atoms. The van der Waals surface area contributed by atoms with Crippen molar-refractivity contribution in [1.82, 2.24) is 4.90 Å². The zero-order valence-electron chi connectivity index (χ0n) is 11.4. The molecule has 0 aromatic carbocycles. The number of hydrogen-bond acceptors (Lipinski definition) is 3. The van der Waals surface area contributed by atoms with Gasteiger partial charge in [-0.25, -0.2) is 9.59 Å². The van der Waals surface area contributed by atoms with Gasteiger partial charge in [0.25, 0.3) is 0 Å². The van der Waals surface area contributed by atoms with Crippen molar-refractivity contribution in [3.05, 3.63) is 24.0 Å². The third-order valence-corrected chi connectivity index (χ3v) is 2.45. The van der Waals surface area contributed by atoms with Crippen molar-refractivity contribution < 1.29 is 19.4 Å². The molecule has 1 heterocycles. The lowest BCUT2D eigenvalue weighted by atomic mass is 9.83. The maximum absolute atomic E-state index is 11.8. The second kappa shape index (κ2) is 4.48. The van der Waals surface area contributed by atoms with Crippen molar-refractivity contribution in [2.24, 2.45) is 5.41 Å². The van der Waals surface area contributed by atoms with Gasteiger partial charge in [-0.15, -0.1) is 0 Å². The monoisotopic (exact) mass is 253 g/mol. The highest BCUT2D eigenvalue weighted by Crippen LogP contribution is 2.32. The van der Waals surface area contributed by atoms with E-state index in [9.17, 15) is 9.59 Å². The maximum Gasteiger partial charge on any atom is 0.418 e. The Kier molecular flexibility index (Phi) is 3.55. The first-order valence-electron chi connectivity index (χ1n) is 5.69. The maximum atomic E-state index is 11.8. The summed E-state index contributed by atoms with van der Waals surface area (Å²) in [6.45, 7) is 8.81. The second-order valence-corrected chi connectivity index (χ2v) is 5.77. The number of carboxylic acid groups (broad SMARTS) is 1.